The molecule has 0 unspecified atom stereocenters. The largest absolute Gasteiger partial charge is 0.372 e. The van der Waals surface area contributed by atoms with E-state index in [2.05, 4.69) is 29.2 Å². The fourth-order valence-corrected chi connectivity index (χ4v) is 3.19. The van der Waals surface area contributed by atoms with Crippen LogP contribution in [0.3, 0.4) is 0 Å². The molecule has 3 aromatic rings. The van der Waals surface area contributed by atoms with Crippen molar-refractivity contribution in [1.82, 2.24) is 9.78 Å². The van der Waals surface area contributed by atoms with Gasteiger partial charge in [0, 0.05) is 30.0 Å². The van der Waals surface area contributed by atoms with Gasteiger partial charge in [0.1, 0.15) is 5.69 Å². The summed E-state index contributed by atoms with van der Waals surface area (Å²) in [7, 11) is 0. The molecule has 150 valence electrons. The molecule has 0 spiro atoms. The number of nitrogens with zero attached hydrogens (tertiary/aromatic N) is 3. The van der Waals surface area contributed by atoms with Crippen LogP contribution in [0.5, 0.6) is 0 Å². The zero-order valence-corrected chi connectivity index (χ0v) is 16.8. The van der Waals surface area contributed by atoms with Crippen molar-refractivity contribution in [2.45, 2.75) is 20.8 Å². The van der Waals surface area contributed by atoms with E-state index >= 15 is 0 Å². The molecule has 1 heterocycles. The minimum atomic E-state index is -0.532. The maximum atomic E-state index is 12.9. The average Bonchev–Trinajstić information content (AvgIpc) is 3.12. The summed E-state index contributed by atoms with van der Waals surface area (Å²) in [4.78, 5) is 26.6. The van der Waals surface area contributed by atoms with Crippen LogP contribution in [0.4, 0.5) is 11.4 Å². The van der Waals surface area contributed by atoms with Crippen molar-refractivity contribution in [2.75, 3.05) is 23.3 Å². The molecule has 3 rings (SSSR count). The van der Waals surface area contributed by atoms with E-state index in [-0.39, 0.29) is 5.91 Å². The van der Waals surface area contributed by atoms with E-state index in [1.807, 2.05) is 31.2 Å². The van der Waals surface area contributed by atoms with Gasteiger partial charge in [0.05, 0.1) is 11.4 Å². The van der Waals surface area contributed by atoms with Crippen molar-refractivity contribution in [3.63, 3.8) is 0 Å². The molecule has 1 aromatic heterocycles. The first kappa shape index (κ1) is 20.1. The van der Waals surface area contributed by atoms with Crippen molar-refractivity contribution in [3.05, 3.63) is 71.5 Å². The van der Waals surface area contributed by atoms with Crippen molar-refractivity contribution in [1.29, 1.82) is 0 Å². The standard InChI is InChI=1S/C22H25N5O2/c1-4-26(5-2)18-11-9-17(10-12-18)24-22(29)20-13-15(3)25-27(20)19-8-6-7-16(14-19)21(23)28/h6-14H,4-5H2,1-3H3,(H2,23,28)(H,24,29). The molecule has 2 aromatic carbocycles. The molecule has 7 nitrogen and oxygen atoms in total. The van der Waals surface area contributed by atoms with Gasteiger partial charge in [-0.3, -0.25) is 9.59 Å². The van der Waals surface area contributed by atoms with Gasteiger partial charge < -0.3 is 16.0 Å². The summed E-state index contributed by atoms with van der Waals surface area (Å²) in [5.41, 5.74) is 9.19. The number of hydrogen-bond donors (Lipinski definition) is 2. The normalized spacial score (nSPS) is 10.6. The summed E-state index contributed by atoms with van der Waals surface area (Å²) < 4.78 is 1.52. The predicted octanol–water partition coefficient (Wildman–Crippen LogP) is 3.38. The molecule has 7 heteroatoms. The second-order valence-corrected chi connectivity index (χ2v) is 6.67. The fraction of sp³-hybridized carbons (Fsp3) is 0.227. The van der Waals surface area contributed by atoms with E-state index in [1.165, 1.54) is 4.68 Å². The zero-order valence-electron chi connectivity index (χ0n) is 16.8. The SMILES string of the molecule is CCN(CC)c1ccc(NC(=O)c2cc(C)nn2-c2cccc(C(N)=O)c2)cc1. The van der Waals surface area contributed by atoms with E-state index in [0.717, 1.165) is 18.8 Å². The van der Waals surface area contributed by atoms with Crippen LogP contribution in [0.1, 0.15) is 40.4 Å². The quantitative estimate of drug-likeness (QED) is 0.646. The van der Waals surface area contributed by atoms with Crippen LogP contribution in [-0.4, -0.2) is 34.7 Å². The third kappa shape index (κ3) is 4.45. The summed E-state index contributed by atoms with van der Waals surface area (Å²) in [6, 6.07) is 16.2. The van der Waals surface area contributed by atoms with E-state index in [0.29, 0.717) is 28.3 Å². The van der Waals surface area contributed by atoms with Crippen LogP contribution in [-0.2, 0) is 0 Å². The molecule has 0 bridgehead atoms. The molecule has 0 aliphatic carbocycles. The molecular weight excluding hydrogens is 366 g/mol. The van der Waals surface area contributed by atoms with Gasteiger partial charge in [0.2, 0.25) is 5.91 Å². The minimum Gasteiger partial charge on any atom is -0.372 e. The molecule has 0 atom stereocenters. The van der Waals surface area contributed by atoms with Gasteiger partial charge in [-0.1, -0.05) is 6.07 Å². The minimum absolute atomic E-state index is 0.286. The number of carbonyl (C=O) groups is 2. The van der Waals surface area contributed by atoms with Crippen LogP contribution >= 0.6 is 0 Å². The molecule has 0 fully saturated rings. The molecular formula is C22H25N5O2. The number of primary amides is 1. The van der Waals surface area contributed by atoms with Gasteiger partial charge in [-0.2, -0.15) is 5.10 Å². The highest BCUT2D eigenvalue weighted by Gasteiger charge is 2.16. The highest BCUT2D eigenvalue weighted by molar-refractivity contribution is 6.03. The number of benzene rings is 2. The molecule has 0 saturated heterocycles. The Balaban J connectivity index is 1.85. The first-order chi connectivity index (χ1) is 13.9. The predicted molar refractivity (Wildman–Crippen MR) is 115 cm³/mol. The number of aromatic nitrogens is 2. The smallest absolute Gasteiger partial charge is 0.274 e. The van der Waals surface area contributed by atoms with Gasteiger partial charge in [0.25, 0.3) is 5.91 Å². The van der Waals surface area contributed by atoms with Crippen molar-refractivity contribution < 1.29 is 9.59 Å². The second-order valence-electron chi connectivity index (χ2n) is 6.67. The molecule has 2 amide bonds. The third-order valence-electron chi connectivity index (χ3n) is 4.69. The highest BCUT2D eigenvalue weighted by atomic mass is 16.2. The monoisotopic (exact) mass is 391 g/mol. The maximum absolute atomic E-state index is 12.9. The average molecular weight is 391 g/mol. The first-order valence-corrected chi connectivity index (χ1v) is 9.56. The molecule has 0 saturated carbocycles. The van der Waals surface area contributed by atoms with Crippen LogP contribution in [0, 0.1) is 6.92 Å². The lowest BCUT2D eigenvalue weighted by Gasteiger charge is -2.21. The van der Waals surface area contributed by atoms with Gasteiger partial charge in [-0.15, -0.1) is 0 Å². The summed E-state index contributed by atoms with van der Waals surface area (Å²) in [5, 5.41) is 7.31. The Morgan fingerprint density at radius 3 is 2.38 bits per heavy atom. The Labute approximate surface area is 170 Å². The number of rotatable bonds is 7. The van der Waals surface area contributed by atoms with Crippen LogP contribution < -0.4 is 16.0 Å². The molecule has 0 aliphatic rings. The van der Waals surface area contributed by atoms with Gasteiger partial charge >= 0.3 is 0 Å². The summed E-state index contributed by atoms with van der Waals surface area (Å²) in [6.07, 6.45) is 0. The summed E-state index contributed by atoms with van der Waals surface area (Å²) in [6.45, 7) is 7.87. The Morgan fingerprint density at radius 2 is 1.76 bits per heavy atom. The van der Waals surface area contributed by atoms with E-state index < -0.39 is 5.91 Å². The molecule has 29 heavy (non-hydrogen) atoms. The maximum Gasteiger partial charge on any atom is 0.274 e. The summed E-state index contributed by atoms with van der Waals surface area (Å²) >= 11 is 0. The fourth-order valence-electron chi connectivity index (χ4n) is 3.19. The lowest BCUT2D eigenvalue weighted by molar-refractivity contribution is 0.0997. The molecule has 3 N–H and O–H groups in total. The number of aryl methyl sites for hydroxylation is 1. The number of amides is 2. The Morgan fingerprint density at radius 1 is 1.07 bits per heavy atom. The van der Waals surface area contributed by atoms with E-state index in [4.69, 9.17) is 5.73 Å². The third-order valence-corrected chi connectivity index (χ3v) is 4.69. The van der Waals surface area contributed by atoms with Gasteiger partial charge in [-0.05, 0) is 69.3 Å². The van der Waals surface area contributed by atoms with Crippen molar-refractivity contribution in [2.24, 2.45) is 5.73 Å². The Hall–Kier alpha value is -3.61. The lowest BCUT2D eigenvalue weighted by Crippen LogP contribution is -2.21. The lowest BCUT2D eigenvalue weighted by atomic mass is 10.2. The van der Waals surface area contributed by atoms with Crippen LogP contribution in [0.2, 0.25) is 0 Å². The van der Waals surface area contributed by atoms with Crippen molar-refractivity contribution in [3.8, 4) is 5.69 Å². The number of hydrogen-bond acceptors (Lipinski definition) is 4. The number of anilines is 2. The van der Waals surface area contributed by atoms with Gasteiger partial charge in [0.15, 0.2) is 0 Å². The van der Waals surface area contributed by atoms with E-state index in [9.17, 15) is 9.59 Å². The van der Waals surface area contributed by atoms with Gasteiger partial charge in [-0.25, -0.2) is 4.68 Å². The number of nitrogens with two attached hydrogens (primary N) is 1. The number of nitrogens with one attached hydrogen (secondary N) is 1. The Kier molecular flexibility index (Phi) is 5.97. The number of carbonyl (C=O) groups excluding carboxylic acids is 2. The molecule has 0 radical (unpaired) electrons. The highest BCUT2D eigenvalue weighted by Crippen LogP contribution is 2.20. The topological polar surface area (TPSA) is 93.2 Å². The van der Waals surface area contributed by atoms with E-state index in [1.54, 1.807) is 30.3 Å². The second kappa shape index (κ2) is 8.60. The van der Waals surface area contributed by atoms with Crippen LogP contribution in [0.25, 0.3) is 5.69 Å². The Bertz CT molecular complexity index is 1020. The summed E-state index contributed by atoms with van der Waals surface area (Å²) in [5.74, 6) is -0.819. The molecule has 0 aliphatic heterocycles. The first-order valence-electron chi connectivity index (χ1n) is 9.56. The van der Waals surface area contributed by atoms with Crippen LogP contribution in [0.15, 0.2) is 54.6 Å². The van der Waals surface area contributed by atoms with Crippen molar-refractivity contribution >= 4 is 23.2 Å². The zero-order chi connectivity index (χ0) is 21.0.